The van der Waals surface area contributed by atoms with Crippen molar-refractivity contribution in [3.8, 4) is 0 Å². The number of allylic oxidation sites excluding steroid dienone is 1. The molecule has 0 radical (unpaired) electrons. The standard InChI is InChI=1S/C9H17NO/c1-3-7-10(4-2)8-5-6-9-11/h5-6,9H,3-4,7-8H2,1-2H3/b6-5+. The first-order valence-corrected chi connectivity index (χ1v) is 4.17. The van der Waals surface area contributed by atoms with Gasteiger partial charge in [-0.3, -0.25) is 9.69 Å². The fourth-order valence-electron chi connectivity index (χ4n) is 0.960. The fraction of sp³-hybridized carbons (Fsp3) is 0.667. The minimum Gasteiger partial charge on any atom is -0.300 e. The molecule has 0 fully saturated rings. The number of rotatable bonds is 6. The summed E-state index contributed by atoms with van der Waals surface area (Å²) in [7, 11) is 0. The maximum atomic E-state index is 9.93. The third-order valence-corrected chi connectivity index (χ3v) is 1.57. The summed E-state index contributed by atoms with van der Waals surface area (Å²) >= 11 is 0. The van der Waals surface area contributed by atoms with Gasteiger partial charge in [-0.25, -0.2) is 0 Å². The lowest BCUT2D eigenvalue weighted by Crippen LogP contribution is -2.24. The molecule has 0 aliphatic heterocycles. The Labute approximate surface area is 68.9 Å². The van der Waals surface area contributed by atoms with Crippen LogP contribution in [0.3, 0.4) is 0 Å². The second kappa shape index (κ2) is 7.48. The van der Waals surface area contributed by atoms with Crippen LogP contribution in [-0.4, -0.2) is 30.8 Å². The molecular formula is C9H17NO. The van der Waals surface area contributed by atoms with Gasteiger partial charge in [0.2, 0.25) is 0 Å². The summed E-state index contributed by atoms with van der Waals surface area (Å²) in [4.78, 5) is 12.2. The molecule has 0 rings (SSSR count). The van der Waals surface area contributed by atoms with Crippen molar-refractivity contribution in [3.05, 3.63) is 12.2 Å². The van der Waals surface area contributed by atoms with Crippen LogP contribution in [0.15, 0.2) is 12.2 Å². The Morgan fingerprint density at radius 2 is 2.09 bits per heavy atom. The Hall–Kier alpha value is -0.630. The quantitative estimate of drug-likeness (QED) is 0.427. The Balaban J connectivity index is 3.50. The van der Waals surface area contributed by atoms with Gasteiger partial charge in [-0.05, 0) is 25.6 Å². The Morgan fingerprint density at radius 3 is 2.55 bits per heavy atom. The molecule has 11 heavy (non-hydrogen) atoms. The van der Waals surface area contributed by atoms with Crippen LogP contribution in [0.4, 0.5) is 0 Å². The van der Waals surface area contributed by atoms with Crippen molar-refractivity contribution in [3.63, 3.8) is 0 Å². The number of likely N-dealkylation sites (N-methyl/N-ethyl adjacent to an activating group) is 1. The van der Waals surface area contributed by atoms with E-state index in [2.05, 4.69) is 18.7 Å². The summed E-state index contributed by atoms with van der Waals surface area (Å²) < 4.78 is 0. The molecule has 0 aliphatic carbocycles. The van der Waals surface area contributed by atoms with Crippen molar-refractivity contribution in [2.45, 2.75) is 20.3 Å². The first-order valence-electron chi connectivity index (χ1n) is 4.17. The van der Waals surface area contributed by atoms with E-state index in [1.54, 1.807) is 6.08 Å². The predicted octanol–water partition coefficient (Wildman–Crippen LogP) is 1.47. The summed E-state index contributed by atoms with van der Waals surface area (Å²) in [5.74, 6) is 0. The highest BCUT2D eigenvalue weighted by atomic mass is 16.1. The zero-order valence-electron chi connectivity index (χ0n) is 7.42. The van der Waals surface area contributed by atoms with Gasteiger partial charge in [0.25, 0.3) is 0 Å². The van der Waals surface area contributed by atoms with Gasteiger partial charge >= 0.3 is 0 Å². The summed E-state index contributed by atoms with van der Waals surface area (Å²) in [6, 6.07) is 0. The first-order chi connectivity index (χ1) is 5.35. The lowest BCUT2D eigenvalue weighted by molar-refractivity contribution is -0.104. The van der Waals surface area contributed by atoms with Gasteiger partial charge in [0, 0.05) is 6.54 Å². The fourth-order valence-corrected chi connectivity index (χ4v) is 0.960. The van der Waals surface area contributed by atoms with Crippen LogP contribution in [0, 0.1) is 0 Å². The molecule has 0 spiro atoms. The molecule has 2 nitrogen and oxygen atoms in total. The largest absolute Gasteiger partial charge is 0.300 e. The molecule has 0 saturated heterocycles. The number of carbonyl (C=O) groups is 1. The van der Waals surface area contributed by atoms with Gasteiger partial charge in [-0.2, -0.15) is 0 Å². The van der Waals surface area contributed by atoms with E-state index in [4.69, 9.17) is 0 Å². The zero-order chi connectivity index (χ0) is 8.53. The lowest BCUT2D eigenvalue weighted by Gasteiger charge is -2.16. The molecule has 0 N–H and O–H groups in total. The van der Waals surface area contributed by atoms with E-state index in [0.717, 1.165) is 25.9 Å². The van der Waals surface area contributed by atoms with Gasteiger partial charge in [-0.15, -0.1) is 0 Å². The molecule has 0 atom stereocenters. The third-order valence-electron chi connectivity index (χ3n) is 1.57. The van der Waals surface area contributed by atoms with E-state index in [9.17, 15) is 4.79 Å². The molecule has 0 heterocycles. The van der Waals surface area contributed by atoms with Gasteiger partial charge in [0.05, 0.1) is 0 Å². The molecule has 0 bridgehead atoms. The van der Waals surface area contributed by atoms with Gasteiger partial charge < -0.3 is 0 Å². The Morgan fingerprint density at radius 1 is 1.36 bits per heavy atom. The normalized spacial score (nSPS) is 11.2. The molecule has 0 aromatic heterocycles. The van der Waals surface area contributed by atoms with Crippen LogP contribution in [0.1, 0.15) is 20.3 Å². The van der Waals surface area contributed by atoms with E-state index in [0.29, 0.717) is 0 Å². The van der Waals surface area contributed by atoms with E-state index in [-0.39, 0.29) is 0 Å². The molecule has 0 aromatic carbocycles. The predicted molar refractivity (Wildman–Crippen MR) is 47.6 cm³/mol. The second-order valence-electron chi connectivity index (χ2n) is 2.46. The number of aldehydes is 1. The van der Waals surface area contributed by atoms with E-state index < -0.39 is 0 Å². The van der Waals surface area contributed by atoms with Crippen molar-refractivity contribution in [2.24, 2.45) is 0 Å². The highest BCUT2D eigenvalue weighted by Crippen LogP contribution is 1.90. The zero-order valence-corrected chi connectivity index (χ0v) is 7.42. The smallest absolute Gasteiger partial charge is 0.142 e. The van der Waals surface area contributed by atoms with Crippen LogP contribution >= 0.6 is 0 Å². The van der Waals surface area contributed by atoms with Gasteiger partial charge in [-0.1, -0.05) is 19.9 Å². The van der Waals surface area contributed by atoms with Crippen LogP contribution < -0.4 is 0 Å². The van der Waals surface area contributed by atoms with E-state index in [1.165, 1.54) is 6.42 Å². The number of hydrogen-bond acceptors (Lipinski definition) is 2. The topological polar surface area (TPSA) is 20.3 Å². The monoisotopic (exact) mass is 155 g/mol. The molecule has 0 unspecified atom stereocenters. The molecule has 0 amide bonds. The molecule has 64 valence electrons. The lowest BCUT2D eigenvalue weighted by atomic mass is 10.4. The maximum absolute atomic E-state index is 9.93. The van der Waals surface area contributed by atoms with Crippen molar-refractivity contribution in [1.82, 2.24) is 4.90 Å². The summed E-state index contributed by atoms with van der Waals surface area (Å²) in [5, 5.41) is 0. The van der Waals surface area contributed by atoms with Crippen LogP contribution in [0.25, 0.3) is 0 Å². The highest BCUT2D eigenvalue weighted by molar-refractivity contribution is 5.64. The van der Waals surface area contributed by atoms with Crippen molar-refractivity contribution in [2.75, 3.05) is 19.6 Å². The number of carbonyl (C=O) groups excluding carboxylic acids is 1. The summed E-state index contributed by atoms with van der Waals surface area (Å²) in [5.41, 5.74) is 0. The maximum Gasteiger partial charge on any atom is 0.142 e. The van der Waals surface area contributed by atoms with Crippen LogP contribution in [0.5, 0.6) is 0 Å². The van der Waals surface area contributed by atoms with Crippen molar-refractivity contribution >= 4 is 6.29 Å². The SMILES string of the molecule is CCCN(CC)C/C=C/C=O. The average molecular weight is 155 g/mol. The van der Waals surface area contributed by atoms with Crippen molar-refractivity contribution in [1.29, 1.82) is 0 Å². The van der Waals surface area contributed by atoms with Gasteiger partial charge in [0.1, 0.15) is 6.29 Å². The summed E-state index contributed by atoms with van der Waals surface area (Å²) in [6.45, 7) is 7.34. The molecule has 0 aliphatic rings. The first kappa shape index (κ1) is 10.4. The average Bonchev–Trinajstić information content (AvgIpc) is 2.03. The Kier molecular flexibility index (Phi) is 7.05. The number of hydrogen-bond donors (Lipinski definition) is 0. The van der Waals surface area contributed by atoms with Crippen LogP contribution in [0.2, 0.25) is 0 Å². The molecule has 0 saturated carbocycles. The molecular weight excluding hydrogens is 138 g/mol. The third kappa shape index (κ3) is 5.80. The van der Waals surface area contributed by atoms with Gasteiger partial charge in [0.15, 0.2) is 0 Å². The molecule has 0 aromatic rings. The second-order valence-corrected chi connectivity index (χ2v) is 2.46. The van der Waals surface area contributed by atoms with E-state index >= 15 is 0 Å². The minimum atomic E-state index is 0.819. The van der Waals surface area contributed by atoms with Crippen LogP contribution in [-0.2, 0) is 4.79 Å². The Bertz CT molecular complexity index is 121. The molecule has 2 heteroatoms. The van der Waals surface area contributed by atoms with Crippen molar-refractivity contribution < 1.29 is 4.79 Å². The summed E-state index contributed by atoms with van der Waals surface area (Å²) in [6.07, 6.45) is 5.44. The number of nitrogens with zero attached hydrogens (tertiary/aromatic N) is 1. The van der Waals surface area contributed by atoms with E-state index in [1.807, 2.05) is 6.08 Å². The highest BCUT2D eigenvalue weighted by Gasteiger charge is 1.95. The minimum absolute atomic E-state index is 0.819.